The van der Waals surface area contributed by atoms with E-state index in [-0.39, 0.29) is 23.0 Å². The predicted octanol–water partition coefficient (Wildman–Crippen LogP) is 4.85. The van der Waals surface area contributed by atoms with Gasteiger partial charge in [-0.1, -0.05) is 6.07 Å². The number of halogens is 3. The highest BCUT2D eigenvalue weighted by Crippen LogP contribution is 2.25. The summed E-state index contributed by atoms with van der Waals surface area (Å²) in [5.74, 6) is -3.39. The molecule has 0 spiro atoms. The van der Waals surface area contributed by atoms with E-state index in [2.05, 4.69) is 15.6 Å². The number of anilines is 2. The number of hydrogen-bond acceptors (Lipinski definition) is 5. The second-order valence-corrected chi connectivity index (χ2v) is 8.35. The molecule has 3 rings (SSSR count). The van der Waals surface area contributed by atoms with E-state index >= 15 is 0 Å². The van der Waals surface area contributed by atoms with Gasteiger partial charge in [0.25, 0.3) is 5.91 Å². The minimum absolute atomic E-state index is 0.0553. The van der Waals surface area contributed by atoms with E-state index in [9.17, 15) is 22.8 Å². The van der Waals surface area contributed by atoms with Gasteiger partial charge in [0, 0.05) is 11.4 Å². The van der Waals surface area contributed by atoms with Gasteiger partial charge < -0.3 is 10.1 Å². The number of carbonyl (C=O) groups excluding carboxylic acids is 2. The molecule has 0 radical (unpaired) electrons. The summed E-state index contributed by atoms with van der Waals surface area (Å²) in [6.07, 6.45) is -0.183. The number of ether oxygens (including phenoxy) is 1. The molecule has 0 unspecified atom stereocenters. The Hall–Kier alpha value is -3.40. The van der Waals surface area contributed by atoms with Crippen LogP contribution in [0.5, 0.6) is 5.75 Å². The van der Waals surface area contributed by atoms with Crippen molar-refractivity contribution >= 4 is 34.0 Å². The Morgan fingerprint density at radius 1 is 1.06 bits per heavy atom. The fourth-order valence-corrected chi connectivity index (χ4v) is 3.36. The lowest BCUT2D eigenvalue weighted by Gasteiger charge is -2.25. The molecule has 168 valence electrons. The Bertz CT molecular complexity index is 1160. The minimum Gasteiger partial charge on any atom is -0.475 e. The van der Waals surface area contributed by atoms with E-state index in [1.165, 1.54) is 26.0 Å². The topological polar surface area (TPSA) is 80.3 Å². The Balaban J connectivity index is 1.59. The molecule has 0 saturated carbocycles. The molecule has 2 amide bonds. The van der Waals surface area contributed by atoms with Crippen LogP contribution in [0.3, 0.4) is 0 Å². The van der Waals surface area contributed by atoms with Crippen LogP contribution >= 0.6 is 11.3 Å². The van der Waals surface area contributed by atoms with Gasteiger partial charge in [-0.25, -0.2) is 18.2 Å². The van der Waals surface area contributed by atoms with E-state index in [0.717, 1.165) is 29.0 Å². The Kier molecular flexibility index (Phi) is 6.83. The first-order valence-electron chi connectivity index (χ1n) is 9.49. The average molecular weight is 463 g/mol. The molecule has 2 N–H and O–H groups in total. The Labute approximate surface area is 186 Å². The molecule has 6 nitrogen and oxygen atoms in total. The third kappa shape index (κ3) is 5.85. The van der Waals surface area contributed by atoms with Crippen LogP contribution in [0, 0.1) is 24.4 Å². The zero-order valence-corrected chi connectivity index (χ0v) is 18.3. The number of nitrogens with one attached hydrogen (secondary N) is 2. The monoisotopic (exact) mass is 463 g/mol. The highest BCUT2D eigenvalue weighted by atomic mass is 32.1. The summed E-state index contributed by atoms with van der Waals surface area (Å²) < 4.78 is 46.2. The highest BCUT2D eigenvalue weighted by molar-refractivity contribution is 7.14. The van der Waals surface area contributed by atoms with Crippen molar-refractivity contribution in [1.82, 2.24) is 4.98 Å². The first-order chi connectivity index (χ1) is 15.0. The molecule has 10 heteroatoms. The van der Waals surface area contributed by atoms with Gasteiger partial charge in [0.2, 0.25) is 5.91 Å². The summed E-state index contributed by atoms with van der Waals surface area (Å²) in [6.45, 7) is 4.71. The summed E-state index contributed by atoms with van der Waals surface area (Å²) in [6, 6.07) is 7.24. The molecule has 2 aromatic carbocycles. The Morgan fingerprint density at radius 3 is 2.50 bits per heavy atom. The summed E-state index contributed by atoms with van der Waals surface area (Å²) in [7, 11) is 0. The maximum absolute atomic E-state index is 14.0. The lowest BCUT2D eigenvalue weighted by molar-refractivity contribution is -0.128. The van der Waals surface area contributed by atoms with Crippen molar-refractivity contribution in [2.24, 2.45) is 0 Å². The maximum atomic E-state index is 14.0. The van der Waals surface area contributed by atoms with Gasteiger partial charge in [0.05, 0.1) is 17.8 Å². The normalized spacial score (nSPS) is 11.2. The van der Waals surface area contributed by atoms with Crippen LogP contribution in [-0.4, -0.2) is 22.4 Å². The molecule has 32 heavy (non-hydrogen) atoms. The van der Waals surface area contributed by atoms with Gasteiger partial charge in [-0.3, -0.25) is 14.9 Å². The number of hydrogen-bond donors (Lipinski definition) is 2. The average Bonchev–Trinajstić information content (AvgIpc) is 3.13. The standard InChI is InChI=1S/C22H20F3N3O3S/c1-12-4-7-18(16(25)8-12)31-22(2,3)20(30)28-21-26-14(11-32-21)10-19(29)27-17-6-5-13(23)9-15(17)24/h4-9,11H,10H2,1-3H3,(H,27,29)(H,26,28,30). The van der Waals surface area contributed by atoms with Crippen LogP contribution in [0.2, 0.25) is 0 Å². The molecule has 0 atom stereocenters. The number of rotatable bonds is 7. The maximum Gasteiger partial charge on any atom is 0.269 e. The van der Waals surface area contributed by atoms with Crippen LogP contribution in [-0.2, 0) is 16.0 Å². The van der Waals surface area contributed by atoms with Crippen molar-refractivity contribution in [2.45, 2.75) is 32.8 Å². The van der Waals surface area contributed by atoms with Crippen molar-refractivity contribution in [3.8, 4) is 5.75 Å². The lowest BCUT2D eigenvalue weighted by Crippen LogP contribution is -2.42. The fourth-order valence-electron chi connectivity index (χ4n) is 2.65. The molecule has 0 aliphatic rings. The van der Waals surface area contributed by atoms with Crippen LogP contribution in [0.15, 0.2) is 41.8 Å². The van der Waals surface area contributed by atoms with Crippen LogP contribution in [0.4, 0.5) is 24.0 Å². The van der Waals surface area contributed by atoms with Crippen molar-refractivity contribution in [3.05, 3.63) is 70.5 Å². The van der Waals surface area contributed by atoms with Crippen LogP contribution in [0.1, 0.15) is 25.1 Å². The van der Waals surface area contributed by atoms with Crippen molar-refractivity contribution in [2.75, 3.05) is 10.6 Å². The van der Waals surface area contributed by atoms with Crippen molar-refractivity contribution < 1.29 is 27.5 Å². The Morgan fingerprint density at radius 2 is 1.81 bits per heavy atom. The fraction of sp³-hybridized carbons (Fsp3) is 0.227. The van der Waals surface area contributed by atoms with Gasteiger partial charge in [0.15, 0.2) is 22.3 Å². The quantitative estimate of drug-likeness (QED) is 0.525. The molecule has 0 saturated heterocycles. The first kappa shape index (κ1) is 23.3. The number of aryl methyl sites for hydroxylation is 1. The summed E-state index contributed by atoms with van der Waals surface area (Å²) in [4.78, 5) is 28.9. The number of thiazole rings is 1. The van der Waals surface area contributed by atoms with Gasteiger partial charge in [-0.2, -0.15) is 0 Å². The number of carbonyl (C=O) groups is 2. The molecule has 1 aromatic heterocycles. The molecule has 0 fully saturated rings. The SMILES string of the molecule is Cc1ccc(OC(C)(C)C(=O)Nc2nc(CC(=O)Nc3ccc(F)cc3F)cs2)c(F)c1. The van der Waals surface area contributed by atoms with Gasteiger partial charge in [0.1, 0.15) is 11.6 Å². The van der Waals surface area contributed by atoms with Gasteiger partial charge >= 0.3 is 0 Å². The second kappa shape index (κ2) is 9.39. The zero-order chi connectivity index (χ0) is 23.5. The van der Waals surface area contributed by atoms with Crippen LogP contribution in [0.25, 0.3) is 0 Å². The molecule has 1 heterocycles. The predicted molar refractivity (Wildman–Crippen MR) is 115 cm³/mol. The van der Waals surface area contributed by atoms with Crippen LogP contribution < -0.4 is 15.4 Å². The largest absolute Gasteiger partial charge is 0.475 e. The van der Waals surface area contributed by atoms with Gasteiger partial charge in [-0.15, -0.1) is 11.3 Å². The first-order valence-corrected chi connectivity index (χ1v) is 10.4. The van der Waals surface area contributed by atoms with Crippen molar-refractivity contribution in [1.29, 1.82) is 0 Å². The molecular weight excluding hydrogens is 443 g/mol. The van der Waals surface area contributed by atoms with E-state index in [1.807, 2.05) is 0 Å². The molecular formula is C22H20F3N3O3S. The second-order valence-electron chi connectivity index (χ2n) is 7.49. The summed E-state index contributed by atoms with van der Waals surface area (Å²) >= 11 is 1.08. The van der Waals surface area contributed by atoms with Gasteiger partial charge in [-0.05, 0) is 50.6 Å². The number of benzene rings is 2. The van der Waals surface area contributed by atoms with E-state index in [1.54, 1.807) is 18.4 Å². The minimum atomic E-state index is -1.40. The molecule has 3 aromatic rings. The third-order valence-corrected chi connectivity index (χ3v) is 5.12. The highest BCUT2D eigenvalue weighted by Gasteiger charge is 2.31. The molecule has 0 aliphatic heterocycles. The van der Waals surface area contributed by atoms with Crippen molar-refractivity contribution in [3.63, 3.8) is 0 Å². The van der Waals surface area contributed by atoms with E-state index < -0.39 is 34.9 Å². The number of amides is 2. The number of nitrogens with zero attached hydrogens (tertiary/aromatic N) is 1. The summed E-state index contributed by atoms with van der Waals surface area (Å²) in [5.41, 5.74) is -0.492. The smallest absolute Gasteiger partial charge is 0.269 e. The van der Waals surface area contributed by atoms with E-state index in [0.29, 0.717) is 11.8 Å². The number of aromatic nitrogens is 1. The third-order valence-electron chi connectivity index (χ3n) is 4.32. The molecule has 0 aliphatic carbocycles. The van der Waals surface area contributed by atoms with E-state index in [4.69, 9.17) is 4.74 Å². The summed E-state index contributed by atoms with van der Waals surface area (Å²) in [5, 5.41) is 6.69. The molecule has 0 bridgehead atoms. The lowest BCUT2D eigenvalue weighted by atomic mass is 10.1. The zero-order valence-electron chi connectivity index (χ0n) is 17.5.